The minimum absolute atomic E-state index is 0.0679. The van der Waals surface area contributed by atoms with Crippen LogP contribution in [0.1, 0.15) is 18.4 Å². The van der Waals surface area contributed by atoms with Crippen molar-refractivity contribution in [1.82, 2.24) is 20.3 Å². The largest absolute Gasteiger partial charge is 0.496 e. The number of para-hydroxylation sites is 1. The maximum atomic E-state index is 13.0. The third kappa shape index (κ3) is 4.57. The second-order valence-electron chi connectivity index (χ2n) is 9.18. The summed E-state index contributed by atoms with van der Waals surface area (Å²) in [5.41, 5.74) is 9.44. The van der Waals surface area contributed by atoms with Crippen molar-refractivity contribution >= 4 is 11.6 Å². The van der Waals surface area contributed by atoms with Gasteiger partial charge < -0.3 is 20.7 Å². The Bertz CT molecular complexity index is 1130. The number of hydrogen-bond acceptors (Lipinski definition) is 5. The minimum atomic E-state index is 0.0679. The molecule has 2 bridgehead atoms. The predicted molar refractivity (Wildman–Crippen MR) is 125 cm³/mol. The molecule has 3 saturated heterocycles. The number of rotatable bonds is 7. The Balaban J connectivity index is 1.19. The highest BCUT2D eigenvalue weighted by atomic mass is 16.5. The Morgan fingerprint density at radius 2 is 2.15 bits per heavy atom. The van der Waals surface area contributed by atoms with Crippen molar-refractivity contribution < 1.29 is 14.4 Å². The van der Waals surface area contributed by atoms with Crippen LogP contribution in [0, 0.1) is 11.8 Å². The number of nitrogens with zero attached hydrogens (tertiary/aromatic N) is 3. The number of benzene rings is 2. The number of hydrogen-bond donors (Lipinski definition) is 3. The molecule has 0 aliphatic carbocycles. The van der Waals surface area contributed by atoms with Crippen molar-refractivity contribution in [1.29, 1.82) is 0 Å². The average molecular weight is 448 g/mol. The van der Waals surface area contributed by atoms with Gasteiger partial charge in [0.1, 0.15) is 17.5 Å². The fourth-order valence-electron chi connectivity index (χ4n) is 5.42. The number of ether oxygens (including phenoxy) is 1. The summed E-state index contributed by atoms with van der Waals surface area (Å²) in [5.74, 6) is 1.45. The smallest absolute Gasteiger partial charge is 0.229 e. The van der Waals surface area contributed by atoms with E-state index >= 15 is 0 Å². The maximum Gasteiger partial charge on any atom is 0.229 e. The second kappa shape index (κ2) is 9.23. The van der Waals surface area contributed by atoms with E-state index in [4.69, 9.17) is 10.5 Å². The van der Waals surface area contributed by atoms with Crippen molar-refractivity contribution in [3.8, 4) is 17.0 Å². The van der Waals surface area contributed by atoms with Crippen molar-refractivity contribution in [2.45, 2.75) is 32.0 Å². The number of amides is 1. The quantitative estimate of drug-likeness (QED) is 0.472. The zero-order chi connectivity index (χ0) is 22.8. The van der Waals surface area contributed by atoms with Crippen LogP contribution in [-0.4, -0.2) is 47.1 Å². The van der Waals surface area contributed by atoms with Crippen LogP contribution in [-0.2, 0) is 17.9 Å². The van der Waals surface area contributed by atoms with Gasteiger partial charge in [0.05, 0.1) is 38.9 Å². The molecule has 2 aromatic carbocycles. The number of fused-ring (bicyclic) bond motifs is 3. The summed E-state index contributed by atoms with van der Waals surface area (Å²) in [6.07, 6.45) is 4.13. The van der Waals surface area contributed by atoms with E-state index in [0.717, 1.165) is 60.7 Å². The lowest BCUT2D eigenvalue weighted by molar-refractivity contribution is -0.945. The molecule has 172 valence electrons. The number of aromatic nitrogens is 3. The van der Waals surface area contributed by atoms with E-state index in [0.29, 0.717) is 18.5 Å². The average Bonchev–Trinajstić information content (AvgIpc) is 3.31. The molecular formula is C25H31N6O2+. The molecule has 0 radical (unpaired) electrons. The van der Waals surface area contributed by atoms with Gasteiger partial charge in [0.15, 0.2) is 0 Å². The highest BCUT2D eigenvalue weighted by Crippen LogP contribution is 2.28. The number of piperidine rings is 3. The first kappa shape index (κ1) is 21.5. The Labute approximate surface area is 193 Å². The van der Waals surface area contributed by atoms with Gasteiger partial charge in [-0.05, 0) is 24.1 Å². The second-order valence-corrected chi connectivity index (χ2v) is 9.18. The topological polar surface area (TPSA) is 99.5 Å². The summed E-state index contributed by atoms with van der Waals surface area (Å²) < 4.78 is 7.34. The first-order valence-electron chi connectivity index (χ1n) is 11.6. The Morgan fingerprint density at radius 1 is 1.27 bits per heavy atom. The Hall–Kier alpha value is -3.39. The zero-order valence-electron chi connectivity index (χ0n) is 18.9. The molecule has 1 aromatic heterocycles. The van der Waals surface area contributed by atoms with Crippen molar-refractivity contribution in [3.05, 3.63) is 60.3 Å². The van der Waals surface area contributed by atoms with E-state index in [1.807, 2.05) is 59.4 Å². The monoisotopic (exact) mass is 447 g/mol. The van der Waals surface area contributed by atoms with Crippen LogP contribution in [0.4, 0.5) is 5.69 Å². The van der Waals surface area contributed by atoms with Gasteiger partial charge in [-0.3, -0.25) is 4.79 Å². The van der Waals surface area contributed by atoms with Gasteiger partial charge in [0.25, 0.3) is 0 Å². The maximum absolute atomic E-state index is 13.0. The number of nitrogens with two attached hydrogens (primary N) is 1. The number of carbonyl (C=O) groups excluding carboxylic acids is 1. The van der Waals surface area contributed by atoms with Gasteiger partial charge in [-0.15, -0.1) is 5.10 Å². The molecule has 1 amide bonds. The van der Waals surface area contributed by atoms with Crippen LogP contribution in [0.2, 0.25) is 0 Å². The number of nitrogens with one attached hydrogen (secondary N) is 2. The van der Waals surface area contributed by atoms with Crippen LogP contribution < -0.4 is 20.7 Å². The lowest BCUT2D eigenvalue weighted by Crippen LogP contribution is -3.20. The molecule has 3 aromatic rings. The molecule has 3 fully saturated rings. The zero-order valence-corrected chi connectivity index (χ0v) is 18.9. The van der Waals surface area contributed by atoms with E-state index in [2.05, 4.69) is 15.6 Å². The van der Waals surface area contributed by atoms with Gasteiger partial charge in [0.2, 0.25) is 5.91 Å². The van der Waals surface area contributed by atoms with Crippen molar-refractivity contribution in [2.24, 2.45) is 11.8 Å². The van der Waals surface area contributed by atoms with Crippen molar-refractivity contribution in [2.75, 3.05) is 25.9 Å². The number of carbonyl (C=O) groups is 1. The number of nitrogen functional groups attached to an aromatic ring is 1. The molecule has 6 rings (SSSR count). The summed E-state index contributed by atoms with van der Waals surface area (Å²) in [4.78, 5) is 14.5. The molecule has 3 aliphatic rings. The molecule has 0 saturated carbocycles. The Kier molecular flexibility index (Phi) is 6.00. The molecule has 8 heteroatoms. The lowest BCUT2D eigenvalue weighted by atomic mass is 9.75. The van der Waals surface area contributed by atoms with Crippen LogP contribution >= 0.6 is 0 Å². The third-order valence-corrected chi connectivity index (χ3v) is 7.16. The first-order chi connectivity index (χ1) is 16.1. The minimum Gasteiger partial charge on any atom is -0.496 e. The highest BCUT2D eigenvalue weighted by molar-refractivity contribution is 5.79. The van der Waals surface area contributed by atoms with E-state index in [1.54, 1.807) is 7.11 Å². The molecule has 0 spiro atoms. The molecular weight excluding hydrogens is 416 g/mol. The van der Waals surface area contributed by atoms with E-state index in [1.165, 1.54) is 4.90 Å². The third-order valence-electron chi connectivity index (χ3n) is 7.16. The lowest BCUT2D eigenvalue weighted by Gasteiger charge is -2.46. The summed E-state index contributed by atoms with van der Waals surface area (Å²) in [6.45, 7) is 3.31. The summed E-state index contributed by atoms with van der Waals surface area (Å²) in [6, 6.07) is 16.0. The van der Waals surface area contributed by atoms with Crippen LogP contribution in [0.5, 0.6) is 5.75 Å². The number of anilines is 1. The summed E-state index contributed by atoms with van der Waals surface area (Å²) in [5, 5.41) is 11.8. The number of methoxy groups -OCH3 is 1. The van der Waals surface area contributed by atoms with Gasteiger partial charge >= 0.3 is 0 Å². The fraction of sp³-hybridized carbons (Fsp3) is 0.400. The highest BCUT2D eigenvalue weighted by Gasteiger charge is 2.46. The SMILES string of the molecule is COc1ccccc1CNC(=O)[C@H]1C[NH+]2CC[C@H]1C[C@@H]2Cn1cc(-c2cccc(N)c2)nn1. The van der Waals surface area contributed by atoms with Crippen LogP contribution in [0.3, 0.4) is 0 Å². The van der Waals surface area contributed by atoms with E-state index < -0.39 is 0 Å². The molecule has 33 heavy (non-hydrogen) atoms. The molecule has 8 nitrogen and oxygen atoms in total. The van der Waals surface area contributed by atoms with Gasteiger partial charge in [0, 0.05) is 36.2 Å². The fourth-order valence-corrected chi connectivity index (χ4v) is 5.42. The van der Waals surface area contributed by atoms with Gasteiger partial charge in [-0.1, -0.05) is 35.5 Å². The first-order valence-corrected chi connectivity index (χ1v) is 11.6. The van der Waals surface area contributed by atoms with E-state index in [9.17, 15) is 4.79 Å². The number of quaternary nitrogens is 1. The Morgan fingerprint density at radius 3 is 2.94 bits per heavy atom. The van der Waals surface area contributed by atoms with Crippen molar-refractivity contribution in [3.63, 3.8) is 0 Å². The molecule has 4 atom stereocenters. The molecule has 3 aliphatic heterocycles. The van der Waals surface area contributed by atoms with Gasteiger partial charge in [-0.2, -0.15) is 0 Å². The predicted octanol–water partition coefficient (Wildman–Crippen LogP) is 1.15. The normalized spacial score (nSPS) is 23.9. The molecule has 4 N–H and O–H groups in total. The standard InChI is InChI=1S/C25H30N6O2/c1-33-24-8-3-2-5-19(24)13-27-25(32)22-15-30-10-9-17(22)12-21(30)14-31-16-23(28-29-31)18-6-4-7-20(26)11-18/h2-8,11,16-17,21-22H,9-10,12-15,26H2,1H3,(H,27,32)/p+1/t17-,21+,22-/m0/s1. The van der Waals surface area contributed by atoms with Crippen LogP contribution in [0.25, 0.3) is 11.3 Å². The van der Waals surface area contributed by atoms with Crippen LogP contribution in [0.15, 0.2) is 54.7 Å². The molecule has 4 heterocycles. The molecule has 1 unspecified atom stereocenters. The summed E-state index contributed by atoms with van der Waals surface area (Å²) >= 11 is 0. The van der Waals surface area contributed by atoms with E-state index in [-0.39, 0.29) is 11.8 Å². The summed E-state index contributed by atoms with van der Waals surface area (Å²) in [7, 11) is 1.66. The van der Waals surface area contributed by atoms with Gasteiger partial charge in [-0.25, -0.2) is 4.68 Å².